The van der Waals surface area contributed by atoms with Crippen molar-refractivity contribution >= 4 is 17.4 Å². The molecule has 0 spiro atoms. The van der Waals surface area contributed by atoms with Gasteiger partial charge >= 0.3 is 0 Å². The predicted molar refractivity (Wildman–Crippen MR) is 65.0 cm³/mol. The van der Waals surface area contributed by atoms with Gasteiger partial charge in [0.1, 0.15) is 11.5 Å². The molecule has 4 heteroatoms. The topological polar surface area (TPSA) is 38.3 Å². The summed E-state index contributed by atoms with van der Waals surface area (Å²) in [5.74, 6) is 0.991. The molecule has 0 fully saturated rings. The zero-order valence-corrected chi connectivity index (χ0v) is 10.3. The molecule has 0 aliphatic carbocycles. The van der Waals surface area contributed by atoms with Crippen LogP contribution >= 0.6 is 11.6 Å². The summed E-state index contributed by atoms with van der Waals surface area (Å²) in [6.07, 6.45) is 0.545. The lowest BCUT2D eigenvalue weighted by molar-refractivity contribution is -0.116. The van der Waals surface area contributed by atoms with E-state index in [9.17, 15) is 4.79 Å². The average Bonchev–Trinajstić information content (AvgIpc) is 2.24. The van der Waals surface area contributed by atoms with Gasteiger partial charge in [-0.25, -0.2) is 0 Å². The van der Waals surface area contributed by atoms with Gasteiger partial charge in [-0.2, -0.15) is 0 Å². The van der Waals surface area contributed by atoms with Crippen LogP contribution in [0.25, 0.3) is 0 Å². The largest absolute Gasteiger partial charge is 0.496 e. The van der Waals surface area contributed by atoms with Gasteiger partial charge in [0.25, 0.3) is 0 Å². The van der Waals surface area contributed by atoms with Gasteiger partial charge in [-0.05, 0) is 25.1 Å². The summed E-state index contributed by atoms with van der Waals surface area (Å²) in [5.41, 5.74) is 0.999. The first kappa shape index (κ1) is 13.0. The van der Waals surface area contributed by atoms with Crippen molar-refractivity contribution in [3.05, 3.63) is 28.8 Å². The fourth-order valence-corrected chi connectivity index (χ4v) is 1.57. The average molecular weight is 242 g/mol. The van der Waals surface area contributed by atoms with E-state index in [2.05, 4.69) is 5.32 Å². The number of ketones is 1. The smallest absolute Gasteiger partial charge is 0.131 e. The Balaban J connectivity index is 2.51. The van der Waals surface area contributed by atoms with Crippen molar-refractivity contribution in [2.24, 2.45) is 0 Å². The second kappa shape index (κ2) is 6.51. The third kappa shape index (κ3) is 4.21. The van der Waals surface area contributed by atoms with Crippen molar-refractivity contribution in [3.8, 4) is 5.75 Å². The monoisotopic (exact) mass is 241 g/mol. The maximum atomic E-state index is 10.7. The lowest BCUT2D eigenvalue weighted by Gasteiger charge is -2.09. The molecule has 0 atom stereocenters. The molecule has 0 amide bonds. The summed E-state index contributed by atoms with van der Waals surface area (Å²) in [7, 11) is 1.63. The van der Waals surface area contributed by atoms with E-state index in [-0.39, 0.29) is 5.78 Å². The second-order valence-electron chi connectivity index (χ2n) is 3.58. The van der Waals surface area contributed by atoms with Crippen LogP contribution in [0.3, 0.4) is 0 Å². The minimum Gasteiger partial charge on any atom is -0.496 e. The Morgan fingerprint density at radius 1 is 1.50 bits per heavy atom. The van der Waals surface area contributed by atoms with Gasteiger partial charge in [0.15, 0.2) is 0 Å². The fourth-order valence-electron chi connectivity index (χ4n) is 1.37. The van der Waals surface area contributed by atoms with Crippen molar-refractivity contribution < 1.29 is 9.53 Å². The number of carbonyl (C=O) groups excluding carboxylic acids is 1. The number of halogens is 1. The van der Waals surface area contributed by atoms with E-state index in [1.165, 1.54) is 0 Å². The lowest BCUT2D eigenvalue weighted by atomic mass is 10.2. The van der Waals surface area contributed by atoms with Crippen LogP contribution in [-0.2, 0) is 11.3 Å². The number of hydrogen-bond acceptors (Lipinski definition) is 3. The summed E-state index contributed by atoms with van der Waals surface area (Å²) in [6.45, 7) is 2.91. The van der Waals surface area contributed by atoms with E-state index in [1.807, 2.05) is 12.1 Å². The molecule has 3 nitrogen and oxygen atoms in total. The molecule has 0 radical (unpaired) electrons. The molecular formula is C12H16ClNO2. The summed E-state index contributed by atoms with van der Waals surface area (Å²) in [4.78, 5) is 10.7. The van der Waals surface area contributed by atoms with Gasteiger partial charge in [0.2, 0.25) is 0 Å². The van der Waals surface area contributed by atoms with Crippen molar-refractivity contribution in [2.75, 3.05) is 13.7 Å². The predicted octanol–water partition coefficient (Wildman–Crippen LogP) is 2.42. The van der Waals surface area contributed by atoms with Crippen molar-refractivity contribution in [2.45, 2.75) is 19.9 Å². The molecule has 0 unspecified atom stereocenters. The van der Waals surface area contributed by atoms with Crippen LogP contribution in [0.2, 0.25) is 5.02 Å². The highest BCUT2D eigenvalue weighted by molar-refractivity contribution is 6.30. The molecule has 1 rings (SSSR count). The molecule has 1 N–H and O–H groups in total. The zero-order valence-electron chi connectivity index (χ0n) is 9.55. The van der Waals surface area contributed by atoms with Gasteiger partial charge in [-0.3, -0.25) is 4.79 Å². The molecular weight excluding hydrogens is 226 g/mol. The molecule has 0 aliphatic rings. The Morgan fingerprint density at radius 3 is 2.88 bits per heavy atom. The first-order chi connectivity index (χ1) is 7.63. The number of rotatable bonds is 6. The van der Waals surface area contributed by atoms with E-state index in [0.29, 0.717) is 24.5 Å². The van der Waals surface area contributed by atoms with Crippen LogP contribution in [0.4, 0.5) is 0 Å². The Hall–Kier alpha value is -1.06. The normalized spacial score (nSPS) is 10.2. The number of ether oxygens (including phenoxy) is 1. The maximum absolute atomic E-state index is 10.7. The third-order valence-corrected chi connectivity index (χ3v) is 2.45. The highest BCUT2D eigenvalue weighted by Gasteiger charge is 2.03. The highest BCUT2D eigenvalue weighted by Crippen LogP contribution is 2.22. The van der Waals surface area contributed by atoms with Crippen LogP contribution in [-0.4, -0.2) is 19.4 Å². The molecule has 0 heterocycles. The Morgan fingerprint density at radius 2 is 2.25 bits per heavy atom. The zero-order chi connectivity index (χ0) is 12.0. The van der Waals surface area contributed by atoms with Crippen LogP contribution in [0, 0.1) is 0 Å². The minimum absolute atomic E-state index is 0.186. The number of methoxy groups -OCH3 is 1. The molecule has 88 valence electrons. The molecule has 0 saturated heterocycles. The standard InChI is InChI=1S/C12H16ClNO2/c1-9(15)5-6-14-8-10-7-11(13)3-4-12(10)16-2/h3-4,7,14H,5-6,8H2,1-2H3. The van der Waals surface area contributed by atoms with Crippen molar-refractivity contribution in [3.63, 3.8) is 0 Å². The first-order valence-corrected chi connectivity index (χ1v) is 5.54. The van der Waals surface area contributed by atoms with E-state index in [1.54, 1.807) is 20.1 Å². The Kier molecular flexibility index (Phi) is 5.29. The Bertz CT molecular complexity index is 366. The maximum Gasteiger partial charge on any atom is 0.131 e. The Labute approximate surface area is 101 Å². The summed E-state index contributed by atoms with van der Waals surface area (Å²) in [6, 6.07) is 5.49. The number of hydrogen-bond donors (Lipinski definition) is 1. The van der Waals surface area contributed by atoms with Crippen LogP contribution in [0.5, 0.6) is 5.75 Å². The van der Waals surface area contributed by atoms with Gasteiger partial charge in [-0.1, -0.05) is 11.6 Å². The SMILES string of the molecule is COc1ccc(Cl)cc1CNCCC(C)=O. The summed E-state index contributed by atoms with van der Waals surface area (Å²) >= 11 is 5.90. The van der Waals surface area contributed by atoms with E-state index in [4.69, 9.17) is 16.3 Å². The minimum atomic E-state index is 0.186. The molecule has 0 bridgehead atoms. The summed E-state index contributed by atoms with van der Waals surface area (Å²) in [5, 5.41) is 3.86. The van der Waals surface area contributed by atoms with Gasteiger partial charge in [-0.15, -0.1) is 0 Å². The van der Waals surface area contributed by atoms with Gasteiger partial charge in [0, 0.05) is 30.1 Å². The van der Waals surface area contributed by atoms with Crippen LogP contribution in [0.1, 0.15) is 18.9 Å². The number of benzene rings is 1. The van der Waals surface area contributed by atoms with Gasteiger partial charge < -0.3 is 10.1 Å². The van der Waals surface area contributed by atoms with E-state index < -0.39 is 0 Å². The molecule has 0 aliphatic heterocycles. The lowest BCUT2D eigenvalue weighted by Crippen LogP contribution is -2.17. The van der Waals surface area contributed by atoms with Crippen molar-refractivity contribution in [1.29, 1.82) is 0 Å². The molecule has 1 aromatic rings. The van der Waals surface area contributed by atoms with E-state index in [0.717, 1.165) is 11.3 Å². The first-order valence-electron chi connectivity index (χ1n) is 5.16. The molecule has 0 saturated carbocycles. The quantitative estimate of drug-likeness (QED) is 0.778. The van der Waals surface area contributed by atoms with E-state index >= 15 is 0 Å². The second-order valence-corrected chi connectivity index (χ2v) is 4.02. The molecule has 0 aromatic heterocycles. The third-order valence-electron chi connectivity index (χ3n) is 2.21. The number of carbonyl (C=O) groups is 1. The number of nitrogens with one attached hydrogen (secondary N) is 1. The number of Topliss-reactive ketones (excluding diaryl/α,β-unsaturated/α-hetero) is 1. The highest BCUT2D eigenvalue weighted by atomic mass is 35.5. The van der Waals surface area contributed by atoms with Crippen LogP contribution in [0.15, 0.2) is 18.2 Å². The van der Waals surface area contributed by atoms with Crippen LogP contribution < -0.4 is 10.1 Å². The van der Waals surface area contributed by atoms with Crippen molar-refractivity contribution in [1.82, 2.24) is 5.32 Å². The fraction of sp³-hybridized carbons (Fsp3) is 0.417. The molecule has 1 aromatic carbocycles. The van der Waals surface area contributed by atoms with Gasteiger partial charge in [0.05, 0.1) is 7.11 Å². The molecule has 16 heavy (non-hydrogen) atoms. The summed E-state index contributed by atoms with van der Waals surface area (Å²) < 4.78 is 5.21.